The monoisotopic (exact) mass is 171 g/mol. The van der Waals surface area contributed by atoms with Gasteiger partial charge in [0.1, 0.15) is 6.04 Å². The molecule has 3 unspecified atom stereocenters. The molecule has 0 bridgehead atoms. The highest BCUT2D eigenvalue weighted by Crippen LogP contribution is 2.21. The zero-order valence-corrected chi connectivity index (χ0v) is 7.96. The third kappa shape index (κ3) is 1.97. The normalized spacial score (nSPS) is 36.1. The van der Waals surface area contributed by atoms with Crippen LogP contribution in [0.4, 0.5) is 0 Å². The molecule has 1 N–H and O–H groups in total. The van der Waals surface area contributed by atoms with Gasteiger partial charge in [-0.2, -0.15) is 0 Å². The van der Waals surface area contributed by atoms with Crippen LogP contribution >= 0.6 is 0 Å². The minimum Gasteiger partial charge on any atom is -0.468 e. The molecule has 1 heterocycles. The quantitative estimate of drug-likeness (QED) is 0.593. The molecule has 3 nitrogen and oxygen atoms in total. The summed E-state index contributed by atoms with van der Waals surface area (Å²) < 4.78 is 4.67. The van der Waals surface area contributed by atoms with Crippen LogP contribution in [0.3, 0.4) is 0 Å². The molecule has 0 aliphatic carbocycles. The molecule has 0 radical (unpaired) electrons. The lowest BCUT2D eigenvalue weighted by molar-refractivity contribution is -0.144. The van der Waals surface area contributed by atoms with Gasteiger partial charge >= 0.3 is 5.97 Å². The van der Waals surface area contributed by atoms with Crippen molar-refractivity contribution >= 4 is 5.97 Å². The molecule has 12 heavy (non-hydrogen) atoms. The first kappa shape index (κ1) is 9.52. The van der Waals surface area contributed by atoms with E-state index >= 15 is 0 Å². The summed E-state index contributed by atoms with van der Waals surface area (Å²) in [7, 11) is 1.44. The molecule has 3 atom stereocenters. The van der Waals surface area contributed by atoms with Crippen LogP contribution in [-0.4, -0.2) is 25.7 Å². The fourth-order valence-electron chi connectivity index (χ4n) is 1.54. The van der Waals surface area contributed by atoms with Gasteiger partial charge in [0.15, 0.2) is 0 Å². The second-order valence-electron chi connectivity index (χ2n) is 3.67. The van der Waals surface area contributed by atoms with Gasteiger partial charge in [-0.05, 0) is 24.8 Å². The maximum absolute atomic E-state index is 11.1. The van der Waals surface area contributed by atoms with E-state index in [0.29, 0.717) is 11.8 Å². The first-order valence-electron chi connectivity index (χ1n) is 4.46. The van der Waals surface area contributed by atoms with Crippen LogP contribution in [0.15, 0.2) is 0 Å². The van der Waals surface area contributed by atoms with Crippen molar-refractivity contribution in [2.45, 2.75) is 26.3 Å². The number of esters is 1. The highest BCUT2D eigenvalue weighted by molar-refractivity contribution is 5.75. The summed E-state index contributed by atoms with van der Waals surface area (Å²) >= 11 is 0. The first-order valence-corrected chi connectivity index (χ1v) is 4.46. The van der Waals surface area contributed by atoms with Crippen molar-refractivity contribution in [1.82, 2.24) is 5.32 Å². The van der Waals surface area contributed by atoms with Gasteiger partial charge in [0.2, 0.25) is 0 Å². The molecule has 0 amide bonds. The van der Waals surface area contributed by atoms with Crippen LogP contribution in [0.1, 0.15) is 20.3 Å². The van der Waals surface area contributed by atoms with Crippen LogP contribution in [0.25, 0.3) is 0 Å². The second kappa shape index (κ2) is 3.90. The smallest absolute Gasteiger partial charge is 0.322 e. The largest absolute Gasteiger partial charge is 0.468 e. The second-order valence-corrected chi connectivity index (χ2v) is 3.67. The SMILES string of the molecule is COC(=O)C1CC(C)C(C)CN1. The van der Waals surface area contributed by atoms with Gasteiger partial charge in [0.05, 0.1) is 7.11 Å². The Morgan fingerprint density at radius 3 is 2.58 bits per heavy atom. The number of rotatable bonds is 1. The summed E-state index contributed by atoms with van der Waals surface area (Å²) in [5.74, 6) is 1.13. The average molecular weight is 171 g/mol. The van der Waals surface area contributed by atoms with Gasteiger partial charge in [-0.1, -0.05) is 13.8 Å². The molecular weight excluding hydrogens is 154 g/mol. The molecule has 1 aliphatic rings. The van der Waals surface area contributed by atoms with E-state index in [1.54, 1.807) is 0 Å². The van der Waals surface area contributed by atoms with E-state index in [-0.39, 0.29) is 12.0 Å². The Morgan fingerprint density at radius 2 is 2.08 bits per heavy atom. The number of piperidine rings is 1. The van der Waals surface area contributed by atoms with Crippen LogP contribution < -0.4 is 5.32 Å². The van der Waals surface area contributed by atoms with Gasteiger partial charge in [-0.3, -0.25) is 4.79 Å². The highest BCUT2D eigenvalue weighted by atomic mass is 16.5. The minimum atomic E-state index is -0.131. The van der Waals surface area contributed by atoms with Crippen molar-refractivity contribution in [3.8, 4) is 0 Å². The molecule has 70 valence electrons. The molecule has 1 aliphatic heterocycles. The molecule has 3 heteroatoms. The Labute approximate surface area is 73.5 Å². The maximum Gasteiger partial charge on any atom is 0.322 e. The van der Waals surface area contributed by atoms with Crippen molar-refractivity contribution in [3.05, 3.63) is 0 Å². The maximum atomic E-state index is 11.1. The fourth-order valence-corrected chi connectivity index (χ4v) is 1.54. The third-order valence-electron chi connectivity index (χ3n) is 2.75. The van der Waals surface area contributed by atoms with Crippen molar-refractivity contribution < 1.29 is 9.53 Å². The number of hydrogen-bond acceptors (Lipinski definition) is 3. The predicted octanol–water partition coefficient (Wildman–Crippen LogP) is 0.793. The lowest BCUT2D eigenvalue weighted by atomic mass is 9.86. The number of carbonyl (C=O) groups excluding carboxylic acids is 1. The van der Waals surface area contributed by atoms with E-state index in [4.69, 9.17) is 0 Å². The van der Waals surface area contributed by atoms with Crippen LogP contribution in [0.5, 0.6) is 0 Å². The average Bonchev–Trinajstić information content (AvgIpc) is 2.08. The molecule has 0 spiro atoms. The Hall–Kier alpha value is -0.570. The number of ether oxygens (including phenoxy) is 1. The zero-order chi connectivity index (χ0) is 9.14. The van der Waals surface area contributed by atoms with E-state index in [0.717, 1.165) is 13.0 Å². The predicted molar refractivity (Wildman–Crippen MR) is 46.8 cm³/mol. The first-order chi connectivity index (χ1) is 5.65. The zero-order valence-electron chi connectivity index (χ0n) is 7.96. The van der Waals surface area contributed by atoms with Crippen LogP contribution in [0, 0.1) is 11.8 Å². The van der Waals surface area contributed by atoms with Crippen molar-refractivity contribution in [2.75, 3.05) is 13.7 Å². The lowest BCUT2D eigenvalue weighted by Gasteiger charge is -2.31. The Kier molecular flexibility index (Phi) is 3.09. The van der Waals surface area contributed by atoms with Crippen LogP contribution in [-0.2, 0) is 9.53 Å². The summed E-state index contributed by atoms with van der Waals surface area (Å²) in [4.78, 5) is 11.1. The van der Waals surface area contributed by atoms with Gasteiger partial charge in [-0.15, -0.1) is 0 Å². The number of hydrogen-bond donors (Lipinski definition) is 1. The summed E-state index contributed by atoms with van der Waals surface area (Å²) in [6.07, 6.45) is 0.897. The fraction of sp³-hybridized carbons (Fsp3) is 0.889. The van der Waals surface area contributed by atoms with E-state index < -0.39 is 0 Å². The third-order valence-corrected chi connectivity index (χ3v) is 2.75. The van der Waals surface area contributed by atoms with Crippen LogP contribution in [0.2, 0.25) is 0 Å². The molecular formula is C9H17NO2. The standard InChI is InChI=1S/C9H17NO2/c1-6-4-8(9(11)12-3)10-5-7(6)2/h6-8,10H,4-5H2,1-3H3. The number of nitrogens with one attached hydrogen (secondary N) is 1. The molecule has 0 aromatic rings. The Balaban J connectivity index is 2.45. The number of methoxy groups -OCH3 is 1. The van der Waals surface area contributed by atoms with Gasteiger partial charge in [-0.25, -0.2) is 0 Å². The van der Waals surface area contributed by atoms with Gasteiger partial charge in [0, 0.05) is 0 Å². The molecule has 0 saturated carbocycles. The molecule has 1 fully saturated rings. The van der Waals surface area contributed by atoms with E-state index in [1.807, 2.05) is 0 Å². The molecule has 0 aromatic heterocycles. The van der Waals surface area contributed by atoms with E-state index in [9.17, 15) is 4.79 Å². The number of carbonyl (C=O) groups is 1. The summed E-state index contributed by atoms with van der Waals surface area (Å²) in [5.41, 5.74) is 0. The van der Waals surface area contributed by atoms with E-state index in [2.05, 4.69) is 23.9 Å². The summed E-state index contributed by atoms with van der Waals surface area (Å²) in [6.45, 7) is 5.30. The Morgan fingerprint density at radius 1 is 1.42 bits per heavy atom. The van der Waals surface area contributed by atoms with E-state index in [1.165, 1.54) is 7.11 Å². The lowest BCUT2D eigenvalue weighted by Crippen LogP contribution is -2.47. The van der Waals surface area contributed by atoms with Crippen molar-refractivity contribution in [3.63, 3.8) is 0 Å². The van der Waals surface area contributed by atoms with Crippen molar-refractivity contribution in [2.24, 2.45) is 11.8 Å². The van der Waals surface area contributed by atoms with Crippen molar-refractivity contribution in [1.29, 1.82) is 0 Å². The molecule has 1 saturated heterocycles. The summed E-state index contributed by atoms with van der Waals surface area (Å²) in [5, 5.41) is 3.18. The highest BCUT2D eigenvalue weighted by Gasteiger charge is 2.28. The molecule has 1 rings (SSSR count). The van der Waals surface area contributed by atoms with Gasteiger partial charge < -0.3 is 10.1 Å². The van der Waals surface area contributed by atoms with Gasteiger partial charge in [0.25, 0.3) is 0 Å². The summed E-state index contributed by atoms with van der Waals surface area (Å²) in [6, 6.07) is -0.0822. The minimum absolute atomic E-state index is 0.0822. The topological polar surface area (TPSA) is 38.3 Å². The molecule has 0 aromatic carbocycles. The Bertz CT molecular complexity index is 170.